The van der Waals surface area contributed by atoms with Crippen molar-refractivity contribution in [3.8, 4) is 0 Å². The van der Waals surface area contributed by atoms with Crippen molar-refractivity contribution in [3.05, 3.63) is 0 Å². The van der Waals surface area contributed by atoms with Gasteiger partial charge >= 0.3 is 6.03 Å². The zero-order valence-electron chi connectivity index (χ0n) is 14.6. The number of amides is 3. The van der Waals surface area contributed by atoms with E-state index in [1.807, 2.05) is 27.7 Å². The summed E-state index contributed by atoms with van der Waals surface area (Å²) in [5, 5.41) is 13.2. The minimum absolute atomic E-state index is 0.127. The molecule has 7 heteroatoms. The van der Waals surface area contributed by atoms with Crippen LogP contribution >= 0.6 is 0 Å². The number of nitrogens with one attached hydrogen (secondary N) is 1. The number of likely N-dealkylation sites (tertiary alicyclic amines) is 2. The number of nitrogens with two attached hydrogens (primary N) is 1. The molecule has 2 fully saturated rings. The van der Waals surface area contributed by atoms with E-state index in [2.05, 4.69) is 5.32 Å². The Bertz CT molecular complexity index is 463. The zero-order chi connectivity index (χ0) is 17.4. The van der Waals surface area contributed by atoms with E-state index in [0.29, 0.717) is 19.5 Å². The van der Waals surface area contributed by atoms with Gasteiger partial charge in [-0.1, -0.05) is 27.7 Å². The van der Waals surface area contributed by atoms with Crippen LogP contribution in [0.25, 0.3) is 0 Å². The maximum absolute atomic E-state index is 12.7. The lowest BCUT2D eigenvalue weighted by Crippen LogP contribution is -2.54. The molecule has 0 aromatic heterocycles. The van der Waals surface area contributed by atoms with E-state index in [-0.39, 0.29) is 36.0 Å². The average molecular weight is 326 g/mol. The number of carbonyl (C=O) groups excluding carboxylic acids is 2. The summed E-state index contributed by atoms with van der Waals surface area (Å²) in [6, 6.07) is -1.24. The van der Waals surface area contributed by atoms with Gasteiger partial charge in [-0.2, -0.15) is 0 Å². The Morgan fingerprint density at radius 3 is 2.57 bits per heavy atom. The minimum atomic E-state index is -0.717. The molecule has 4 atom stereocenters. The summed E-state index contributed by atoms with van der Waals surface area (Å²) in [6.07, 6.45) is 0.830. The van der Waals surface area contributed by atoms with Crippen LogP contribution in [-0.2, 0) is 4.79 Å². The fourth-order valence-electron chi connectivity index (χ4n) is 3.42. The molecule has 0 spiro atoms. The number of carbonyl (C=O) groups is 2. The second-order valence-electron chi connectivity index (χ2n) is 7.67. The van der Waals surface area contributed by atoms with Gasteiger partial charge in [-0.15, -0.1) is 0 Å². The van der Waals surface area contributed by atoms with Gasteiger partial charge in [0.25, 0.3) is 0 Å². The van der Waals surface area contributed by atoms with Gasteiger partial charge in [-0.25, -0.2) is 4.79 Å². The second-order valence-corrected chi connectivity index (χ2v) is 7.67. The molecule has 3 amide bonds. The predicted octanol–water partition coefficient (Wildman–Crippen LogP) is 0.125. The van der Waals surface area contributed by atoms with E-state index >= 15 is 0 Å². The fraction of sp³-hybridized carbons (Fsp3) is 0.875. The molecular formula is C16H30N4O3. The van der Waals surface area contributed by atoms with Crippen molar-refractivity contribution in [2.75, 3.05) is 19.6 Å². The summed E-state index contributed by atoms with van der Waals surface area (Å²) < 4.78 is 0. The first-order valence-corrected chi connectivity index (χ1v) is 8.47. The Morgan fingerprint density at radius 1 is 1.35 bits per heavy atom. The molecular weight excluding hydrogens is 296 g/mol. The number of nitrogens with zero attached hydrogens (tertiary/aromatic N) is 2. The summed E-state index contributed by atoms with van der Waals surface area (Å²) >= 11 is 0. The van der Waals surface area contributed by atoms with Crippen LogP contribution in [0.3, 0.4) is 0 Å². The zero-order valence-corrected chi connectivity index (χ0v) is 14.6. The highest BCUT2D eigenvalue weighted by molar-refractivity contribution is 5.84. The number of fused-ring (bicyclic) bond motifs is 1. The number of rotatable bonds is 3. The third-order valence-corrected chi connectivity index (χ3v) is 4.87. The Kier molecular flexibility index (Phi) is 5.20. The Hall–Kier alpha value is -1.34. The Morgan fingerprint density at radius 2 is 2.00 bits per heavy atom. The van der Waals surface area contributed by atoms with Crippen molar-refractivity contribution in [3.63, 3.8) is 0 Å². The molecule has 2 heterocycles. The van der Waals surface area contributed by atoms with Gasteiger partial charge in [-0.3, -0.25) is 4.79 Å². The highest BCUT2D eigenvalue weighted by Crippen LogP contribution is 2.33. The van der Waals surface area contributed by atoms with Gasteiger partial charge in [0.2, 0.25) is 5.91 Å². The smallest absolute Gasteiger partial charge is 0.317 e. The summed E-state index contributed by atoms with van der Waals surface area (Å²) in [5.41, 5.74) is 5.76. The maximum atomic E-state index is 12.7. The number of β-amino-alcohol motifs (C(OH)–C–C–N with tert-alkyl or cyclic N) is 1. The SMILES string of the molecule is CCCNC(=O)N1CC(O)C2C1CCN2C(=O)C(N)C(C)(C)C. The lowest BCUT2D eigenvalue weighted by atomic mass is 9.86. The molecule has 0 saturated carbocycles. The van der Waals surface area contributed by atoms with E-state index in [4.69, 9.17) is 5.73 Å². The molecule has 2 rings (SSSR count). The molecule has 2 saturated heterocycles. The van der Waals surface area contributed by atoms with Gasteiger partial charge in [-0.05, 0) is 18.3 Å². The molecule has 0 aromatic rings. The monoisotopic (exact) mass is 326 g/mol. The van der Waals surface area contributed by atoms with Crippen LogP contribution in [-0.4, -0.2) is 70.7 Å². The van der Waals surface area contributed by atoms with Crippen LogP contribution < -0.4 is 11.1 Å². The fourth-order valence-corrected chi connectivity index (χ4v) is 3.42. The minimum Gasteiger partial charge on any atom is -0.389 e. The first-order chi connectivity index (χ1) is 10.7. The number of aliphatic hydroxyl groups excluding tert-OH is 1. The Labute approximate surface area is 138 Å². The molecule has 132 valence electrons. The van der Waals surface area contributed by atoms with Crippen molar-refractivity contribution in [2.24, 2.45) is 11.1 Å². The van der Waals surface area contributed by atoms with Crippen LogP contribution in [0.4, 0.5) is 4.79 Å². The summed E-state index contributed by atoms with van der Waals surface area (Å²) in [5.74, 6) is -0.139. The molecule has 0 radical (unpaired) electrons. The van der Waals surface area contributed by atoms with Crippen molar-refractivity contribution in [1.82, 2.24) is 15.1 Å². The van der Waals surface area contributed by atoms with Crippen LogP contribution in [0.2, 0.25) is 0 Å². The van der Waals surface area contributed by atoms with Crippen molar-refractivity contribution in [1.29, 1.82) is 0 Å². The normalized spacial score (nSPS) is 28.7. The average Bonchev–Trinajstić information content (AvgIpc) is 3.04. The number of aliphatic hydroxyl groups is 1. The van der Waals surface area contributed by atoms with E-state index in [0.717, 1.165) is 6.42 Å². The van der Waals surface area contributed by atoms with Crippen molar-refractivity contribution >= 4 is 11.9 Å². The van der Waals surface area contributed by atoms with Gasteiger partial charge in [0.1, 0.15) is 0 Å². The van der Waals surface area contributed by atoms with E-state index in [1.165, 1.54) is 0 Å². The molecule has 0 aromatic carbocycles. The van der Waals surface area contributed by atoms with E-state index in [1.54, 1.807) is 9.80 Å². The van der Waals surface area contributed by atoms with Crippen LogP contribution in [0.1, 0.15) is 40.5 Å². The topological polar surface area (TPSA) is 98.9 Å². The van der Waals surface area contributed by atoms with Crippen molar-refractivity contribution in [2.45, 2.75) is 64.8 Å². The summed E-state index contributed by atoms with van der Waals surface area (Å²) in [7, 11) is 0. The van der Waals surface area contributed by atoms with Crippen LogP contribution in [0.5, 0.6) is 0 Å². The highest BCUT2D eigenvalue weighted by Gasteiger charge is 2.52. The second kappa shape index (κ2) is 6.65. The molecule has 0 aliphatic carbocycles. The molecule has 2 aliphatic rings. The van der Waals surface area contributed by atoms with Crippen LogP contribution in [0.15, 0.2) is 0 Å². The molecule has 7 nitrogen and oxygen atoms in total. The molecule has 0 bridgehead atoms. The van der Waals surface area contributed by atoms with E-state index in [9.17, 15) is 14.7 Å². The molecule has 4 unspecified atom stereocenters. The molecule has 23 heavy (non-hydrogen) atoms. The van der Waals surface area contributed by atoms with Crippen molar-refractivity contribution < 1.29 is 14.7 Å². The third-order valence-electron chi connectivity index (χ3n) is 4.87. The first-order valence-electron chi connectivity index (χ1n) is 8.47. The highest BCUT2D eigenvalue weighted by atomic mass is 16.3. The lowest BCUT2D eigenvalue weighted by molar-refractivity contribution is -0.137. The lowest BCUT2D eigenvalue weighted by Gasteiger charge is -2.33. The predicted molar refractivity (Wildman–Crippen MR) is 87.7 cm³/mol. The number of hydrogen-bond acceptors (Lipinski definition) is 4. The maximum Gasteiger partial charge on any atom is 0.317 e. The largest absolute Gasteiger partial charge is 0.389 e. The molecule has 2 aliphatic heterocycles. The standard InChI is InChI=1S/C16H30N4O3/c1-5-7-18-15(23)20-9-11(21)12-10(20)6-8-19(12)14(22)13(17)16(2,3)4/h10-13,21H,5-9,17H2,1-4H3,(H,18,23). The molecule has 4 N–H and O–H groups in total. The first kappa shape index (κ1) is 18.0. The van der Waals surface area contributed by atoms with E-state index < -0.39 is 12.1 Å². The summed E-state index contributed by atoms with van der Waals surface area (Å²) in [6.45, 7) is 9.19. The van der Waals surface area contributed by atoms with Crippen LogP contribution in [0, 0.1) is 5.41 Å². The van der Waals surface area contributed by atoms with Gasteiger partial charge in [0.05, 0.1) is 30.8 Å². The quantitative estimate of drug-likeness (QED) is 0.686. The Balaban J connectivity index is 2.09. The van der Waals surface area contributed by atoms with Gasteiger partial charge in [0.15, 0.2) is 0 Å². The summed E-state index contributed by atoms with van der Waals surface area (Å²) in [4.78, 5) is 28.3. The third kappa shape index (κ3) is 3.45. The number of urea groups is 1. The number of hydrogen-bond donors (Lipinski definition) is 3. The van der Waals surface area contributed by atoms with Gasteiger partial charge in [0, 0.05) is 13.1 Å². The van der Waals surface area contributed by atoms with Gasteiger partial charge < -0.3 is 26.0 Å².